The maximum Gasteiger partial charge on any atom is 0.343 e. The van der Waals surface area contributed by atoms with Crippen molar-refractivity contribution in [2.24, 2.45) is 0 Å². The molecule has 0 unspecified atom stereocenters. The Kier molecular flexibility index (Phi) is 4.71. The highest BCUT2D eigenvalue weighted by molar-refractivity contribution is 5.81. The van der Waals surface area contributed by atoms with Crippen molar-refractivity contribution < 1.29 is 29.2 Å². The Morgan fingerprint density at radius 3 is 2.65 bits per heavy atom. The van der Waals surface area contributed by atoms with Crippen LogP contribution >= 0.6 is 0 Å². The van der Waals surface area contributed by atoms with Crippen molar-refractivity contribution in [1.82, 2.24) is 9.55 Å². The van der Waals surface area contributed by atoms with Crippen molar-refractivity contribution in [3.63, 3.8) is 0 Å². The van der Waals surface area contributed by atoms with Gasteiger partial charge in [-0.15, -0.1) is 0 Å². The van der Waals surface area contributed by atoms with Crippen LogP contribution in [0.2, 0.25) is 0 Å². The van der Waals surface area contributed by atoms with E-state index in [1.54, 1.807) is 0 Å². The lowest BCUT2D eigenvalue weighted by Gasteiger charge is -2.26. The van der Waals surface area contributed by atoms with E-state index in [0.29, 0.717) is 0 Å². The number of aryl methyl sites for hydroxylation is 1. The molecule has 0 aliphatic carbocycles. The quantitative estimate of drug-likeness (QED) is 0.522. The minimum Gasteiger partial charge on any atom is -0.467 e. The largest absolute Gasteiger partial charge is 0.467 e. The summed E-state index contributed by atoms with van der Waals surface area (Å²) in [5.41, 5.74) is -3.25. The predicted octanol–water partition coefficient (Wildman–Crippen LogP) is -2.35. The van der Waals surface area contributed by atoms with Gasteiger partial charge in [-0.25, -0.2) is 9.59 Å². The van der Waals surface area contributed by atoms with Crippen LogP contribution in [0.25, 0.3) is 0 Å². The average Bonchev–Trinajstić information content (AvgIpc) is 2.83. The second kappa shape index (κ2) is 6.24. The topological polar surface area (TPSA) is 140 Å². The number of aliphatic hydroxyl groups excluding tert-OH is 2. The molecular formula is C13H18N2O8. The van der Waals surface area contributed by atoms with Crippen molar-refractivity contribution in [2.75, 3.05) is 20.8 Å². The molecule has 1 aliphatic heterocycles. The summed E-state index contributed by atoms with van der Waals surface area (Å²) in [5.74, 6) is -1.01. The number of carbonyl (C=O) groups is 1. The smallest absolute Gasteiger partial charge is 0.343 e. The molecule has 4 atom stereocenters. The third-order valence-corrected chi connectivity index (χ3v) is 3.86. The van der Waals surface area contributed by atoms with E-state index in [-0.39, 0.29) is 5.56 Å². The molecule has 10 heteroatoms. The third kappa shape index (κ3) is 2.59. The molecule has 0 amide bonds. The molecule has 2 rings (SSSR count). The number of aromatic nitrogens is 2. The van der Waals surface area contributed by atoms with E-state index in [1.165, 1.54) is 20.2 Å². The first kappa shape index (κ1) is 17.3. The van der Waals surface area contributed by atoms with Gasteiger partial charge >= 0.3 is 11.7 Å². The fourth-order valence-electron chi connectivity index (χ4n) is 2.55. The van der Waals surface area contributed by atoms with Gasteiger partial charge in [-0.05, 0) is 6.92 Å². The lowest BCUT2D eigenvalue weighted by molar-refractivity contribution is -0.187. The van der Waals surface area contributed by atoms with E-state index in [0.717, 1.165) is 11.7 Å². The van der Waals surface area contributed by atoms with Gasteiger partial charge < -0.3 is 24.4 Å². The maximum atomic E-state index is 12.0. The molecule has 10 nitrogen and oxygen atoms in total. The summed E-state index contributed by atoms with van der Waals surface area (Å²) in [5, 5.41) is 19.9. The zero-order chi connectivity index (χ0) is 17.4. The molecule has 1 fully saturated rings. The van der Waals surface area contributed by atoms with Crippen LogP contribution in [0.5, 0.6) is 0 Å². The number of hydrogen-bond donors (Lipinski definition) is 3. The van der Waals surface area contributed by atoms with Crippen LogP contribution in [0.3, 0.4) is 0 Å². The van der Waals surface area contributed by atoms with Crippen LogP contribution in [0, 0.1) is 6.92 Å². The average molecular weight is 330 g/mol. The Bertz CT molecular complexity index is 711. The van der Waals surface area contributed by atoms with Crippen LogP contribution in [-0.2, 0) is 19.0 Å². The standard InChI is InChI=1S/C13H18N2O8/c1-6-4-15(12(20)14-9(6)18)10-7(21-2)8(17)13(5-16,23-10)11(19)22-3/h4,7-8,10,16-17H,5H2,1-3H3,(H,14,18,20)/t7-,8+,10-,13-/m1/s1. The summed E-state index contributed by atoms with van der Waals surface area (Å²) in [6.07, 6.45) is -2.77. The molecule has 1 aliphatic rings. The van der Waals surface area contributed by atoms with E-state index in [2.05, 4.69) is 9.72 Å². The Balaban J connectivity index is 2.56. The zero-order valence-corrected chi connectivity index (χ0v) is 12.8. The molecular weight excluding hydrogens is 312 g/mol. The van der Waals surface area contributed by atoms with Gasteiger partial charge in [0.2, 0.25) is 5.60 Å². The number of H-pyrrole nitrogens is 1. The van der Waals surface area contributed by atoms with Gasteiger partial charge in [-0.3, -0.25) is 14.3 Å². The second-order valence-electron chi connectivity index (χ2n) is 5.17. The minimum absolute atomic E-state index is 0.220. The molecule has 0 aromatic carbocycles. The predicted molar refractivity (Wildman–Crippen MR) is 74.8 cm³/mol. The number of rotatable bonds is 4. The summed E-state index contributed by atoms with van der Waals surface area (Å²) in [4.78, 5) is 37.5. The van der Waals surface area contributed by atoms with Gasteiger partial charge in [0.1, 0.15) is 12.2 Å². The summed E-state index contributed by atoms with van der Waals surface area (Å²) >= 11 is 0. The van der Waals surface area contributed by atoms with Gasteiger partial charge in [0.05, 0.1) is 13.7 Å². The maximum absolute atomic E-state index is 12.0. The lowest BCUT2D eigenvalue weighted by Crippen LogP contribution is -2.53. The number of ether oxygens (including phenoxy) is 3. The highest BCUT2D eigenvalue weighted by atomic mass is 16.6. The molecule has 128 valence electrons. The number of carbonyl (C=O) groups excluding carboxylic acids is 1. The molecule has 0 saturated carbocycles. The molecule has 1 aromatic rings. The minimum atomic E-state index is -2.09. The third-order valence-electron chi connectivity index (χ3n) is 3.86. The van der Waals surface area contributed by atoms with Gasteiger partial charge in [0.15, 0.2) is 6.23 Å². The molecule has 0 radical (unpaired) electrons. The van der Waals surface area contributed by atoms with Crippen molar-refractivity contribution in [3.05, 3.63) is 32.6 Å². The number of nitrogens with one attached hydrogen (secondary N) is 1. The van der Waals surface area contributed by atoms with Crippen molar-refractivity contribution in [1.29, 1.82) is 0 Å². The van der Waals surface area contributed by atoms with E-state index < -0.39 is 47.9 Å². The van der Waals surface area contributed by atoms with Crippen LogP contribution in [0.15, 0.2) is 15.8 Å². The number of esters is 1. The summed E-state index contributed by atoms with van der Waals surface area (Å²) in [6, 6.07) is 0. The second-order valence-corrected chi connectivity index (χ2v) is 5.17. The Morgan fingerprint density at radius 1 is 1.48 bits per heavy atom. The zero-order valence-electron chi connectivity index (χ0n) is 12.8. The van der Waals surface area contributed by atoms with Crippen LogP contribution in [0.4, 0.5) is 0 Å². The molecule has 1 saturated heterocycles. The van der Waals surface area contributed by atoms with E-state index in [9.17, 15) is 24.6 Å². The number of aliphatic hydroxyl groups is 2. The number of aromatic amines is 1. The summed E-state index contributed by atoms with van der Waals surface area (Å²) in [7, 11) is 2.32. The van der Waals surface area contributed by atoms with Gasteiger partial charge in [0, 0.05) is 18.9 Å². The number of nitrogens with zero attached hydrogens (tertiary/aromatic N) is 1. The van der Waals surface area contributed by atoms with E-state index in [1.807, 2.05) is 0 Å². The first-order valence-electron chi connectivity index (χ1n) is 6.72. The van der Waals surface area contributed by atoms with Crippen molar-refractivity contribution in [2.45, 2.75) is 31.0 Å². The highest BCUT2D eigenvalue weighted by Gasteiger charge is 2.61. The van der Waals surface area contributed by atoms with Gasteiger partial charge in [-0.1, -0.05) is 0 Å². The Morgan fingerprint density at radius 2 is 2.13 bits per heavy atom. The van der Waals surface area contributed by atoms with Crippen LogP contribution in [-0.4, -0.2) is 64.4 Å². The molecule has 3 N–H and O–H groups in total. The summed E-state index contributed by atoms with van der Waals surface area (Å²) < 4.78 is 16.1. The fourth-order valence-corrected chi connectivity index (χ4v) is 2.55. The molecule has 0 spiro atoms. The lowest BCUT2D eigenvalue weighted by atomic mass is 9.96. The first-order chi connectivity index (χ1) is 10.8. The number of hydrogen-bond acceptors (Lipinski definition) is 8. The number of methoxy groups -OCH3 is 2. The molecule has 2 heterocycles. The SMILES string of the molecule is COC(=O)[C@]1(CO)O[C@@H](n2cc(C)c(=O)[nH]c2=O)[C@H](OC)[C@@H]1O. The Hall–Kier alpha value is -2.01. The van der Waals surface area contributed by atoms with E-state index >= 15 is 0 Å². The van der Waals surface area contributed by atoms with Crippen LogP contribution < -0.4 is 11.2 Å². The summed E-state index contributed by atoms with van der Waals surface area (Å²) in [6.45, 7) is 0.593. The fraction of sp³-hybridized carbons (Fsp3) is 0.615. The van der Waals surface area contributed by atoms with E-state index in [4.69, 9.17) is 9.47 Å². The normalized spacial score (nSPS) is 30.4. The highest BCUT2D eigenvalue weighted by Crippen LogP contribution is 2.38. The molecule has 0 bridgehead atoms. The van der Waals surface area contributed by atoms with Crippen molar-refractivity contribution >= 4 is 5.97 Å². The van der Waals surface area contributed by atoms with Crippen molar-refractivity contribution in [3.8, 4) is 0 Å². The Labute approximate surface area is 130 Å². The first-order valence-corrected chi connectivity index (χ1v) is 6.72. The molecule has 1 aromatic heterocycles. The van der Waals surface area contributed by atoms with Gasteiger partial charge in [-0.2, -0.15) is 0 Å². The molecule has 23 heavy (non-hydrogen) atoms. The monoisotopic (exact) mass is 330 g/mol. The van der Waals surface area contributed by atoms with Crippen LogP contribution in [0.1, 0.15) is 11.8 Å². The van der Waals surface area contributed by atoms with Gasteiger partial charge in [0.25, 0.3) is 5.56 Å².